The Labute approximate surface area is 580 Å². The molecule has 10 nitrogen and oxygen atoms in total. The molecule has 0 saturated carbocycles. The summed E-state index contributed by atoms with van der Waals surface area (Å²) in [6, 6.07) is 21.5. The lowest BCUT2D eigenvalue weighted by atomic mass is 10.9. The molecule has 1 radical (unpaired) electrons. The molecule has 0 rings (SSSR count). The highest BCUT2D eigenvalue weighted by Gasteiger charge is 2.46. The molecule has 0 N–H and O–H groups in total. The zero-order valence-corrected chi connectivity index (χ0v) is 87.8. The van der Waals surface area contributed by atoms with E-state index in [0.717, 1.165) is 0 Å². The fourth-order valence-electron chi connectivity index (χ4n) is 13.7. The first-order chi connectivity index (χ1) is 38.6. The molecule has 0 spiro atoms. The lowest BCUT2D eigenvalue weighted by Gasteiger charge is -2.41. The molecule has 0 aliphatic heterocycles. The van der Waals surface area contributed by atoms with Crippen LogP contribution in [0.3, 0.4) is 0 Å². The van der Waals surface area contributed by atoms with Gasteiger partial charge in [-0.15, -0.1) is 0 Å². The second-order valence-electron chi connectivity index (χ2n) is 40.2. The lowest BCUT2D eigenvalue weighted by Crippen LogP contribution is -2.51. The van der Waals surface area contributed by atoms with Crippen LogP contribution in [0.4, 0.5) is 0 Å². The van der Waals surface area contributed by atoms with E-state index in [-0.39, 0.29) is 0 Å². The molecule has 89 heavy (non-hydrogen) atoms. The van der Waals surface area contributed by atoms with E-state index in [2.05, 4.69) is 268 Å². The molecule has 0 unspecified atom stereocenters. The Morgan fingerprint density at radius 1 is 0.146 bits per heavy atom. The third kappa shape index (κ3) is 46.9. The number of hydrogen-bond donors (Lipinski definition) is 0. The molecular weight excluding hydrogens is 1430 g/mol. The lowest BCUT2D eigenvalue weighted by molar-refractivity contribution is 0.512. The molecular formula is C59H159O10Si20. The van der Waals surface area contributed by atoms with Gasteiger partial charge >= 0.3 is 0 Å². The zero-order valence-electron chi connectivity index (χ0n) is 67.8. The van der Waals surface area contributed by atoms with Gasteiger partial charge in [0.1, 0.15) is 0 Å². The van der Waals surface area contributed by atoms with E-state index in [4.69, 9.17) is 41.2 Å². The van der Waals surface area contributed by atoms with Crippen LogP contribution in [0.2, 0.25) is 377 Å². The fraction of sp³-hybridized carbons (Fsp3) is 1.00. The minimum atomic E-state index is -1.92. The summed E-state index contributed by atoms with van der Waals surface area (Å²) in [6.45, 7) is 100. The highest BCUT2D eigenvalue weighted by molar-refractivity contribution is 6.94. The Morgan fingerprint density at radius 2 is 0.236 bits per heavy atom. The van der Waals surface area contributed by atoms with Crippen molar-refractivity contribution in [2.75, 3.05) is 0 Å². The molecule has 0 aromatic carbocycles. The van der Waals surface area contributed by atoms with E-state index in [1.807, 2.05) is 0 Å². The molecule has 0 saturated heterocycles. The third-order valence-electron chi connectivity index (χ3n) is 17.4. The molecule has 0 atom stereocenters. The Morgan fingerprint density at radius 3 is 0.326 bits per heavy atom. The maximum absolute atomic E-state index is 7.39. The Hall–Kier alpha value is 3.94. The van der Waals surface area contributed by atoms with Gasteiger partial charge in [0.15, 0.2) is 167 Å². The summed E-state index contributed by atoms with van der Waals surface area (Å²) in [4.78, 5) is 0. The maximum Gasteiger partial charge on any atom is 0.191 e. The van der Waals surface area contributed by atoms with Gasteiger partial charge in [-0.25, -0.2) is 0 Å². The molecule has 0 aliphatic carbocycles. The van der Waals surface area contributed by atoms with Gasteiger partial charge in [-0.2, -0.15) is 0 Å². The van der Waals surface area contributed by atoms with Crippen LogP contribution in [0.5, 0.6) is 0 Å². The van der Waals surface area contributed by atoms with E-state index < -0.39 is 167 Å². The second kappa shape index (κ2) is 34.3. The van der Waals surface area contributed by atoms with Crippen LogP contribution in [-0.4, -0.2) is 167 Å². The Bertz CT molecular complexity index is 2110. The Balaban J connectivity index is 5.32. The van der Waals surface area contributed by atoms with E-state index in [0.29, 0.717) is 0 Å². The van der Waals surface area contributed by atoms with Crippen molar-refractivity contribution < 1.29 is 41.2 Å². The van der Waals surface area contributed by atoms with Gasteiger partial charge in [0, 0.05) is 0 Å². The average molecular weight is 1590 g/mol. The van der Waals surface area contributed by atoms with Crippen molar-refractivity contribution in [2.45, 2.75) is 377 Å². The van der Waals surface area contributed by atoms with E-state index in [1.165, 1.54) is 109 Å². The fourth-order valence-corrected chi connectivity index (χ4v) is 123. The van der Waals surface area contributed by atoms with Crippen molar-refractivity contribution >= 4 is 167 Å². The third-order valence-corrected chi connectivity index (χ3v) is 92.0. The highest BCUT2D eigenvalue weighted by Crippen LogP contribution is 2.38. The zero-order chi connectivity index (χ0) is 70.9. The van der Waals surface area contributed by atoms with Gasteiger partial charge < -0.3 is 41.2 Å². The van der Waals surface area contributed by atoms with Gasteiger partial charge in [0.05, 0.1) is 0 Å². The van der Waals surface area contributed by atoms with Crippen LogP contribution in [0.1, 0.15) is 0 Å². The molecule has 0 aromatic heterocycles. The SMILES string of the molecule is C[Si](C)O[Si](C)(C)CC[Si](C)(C)O[Si](C)(C)CC[Si](C)(C)O[Si](C)(C)CC[Si](C)(C)O[Si](C)(C)CC[Si](C)(C)O[Si](C)(C)CC[Si](C)(C)O[Si](C)(C)CC[Si](C)(C)O[Si](C)(C)CC[Si](C)(C)O[Si](C)(C)CC[Si](C)(C)O[Si](C)(C)CC[Si](C)(C)O[Si](C)(C)C. The van der Waals surface area contributed by atoms with Crippen molar-refractivity contribution in [2.24, 2.45) is 0 Å². The smallest absolute Gasteiger partial charge is 0.191 e. The van der Waals surface area contributed by atoms with Crippen LogP contribution < -0.4 is 0 Å². The van der Waals surface area contributed by atoms with Crippen LogP contribution in [0, 0.1) is 0 Å². The molecule has 535 valence electrons. The first-order valence-corrected chi connectivity index (χ1v) is 97.3. The Kier molecular flexibility index (Phi) is 35.8. The summed E-state index contributed by atoms with van der Waals surface area (Å²) in [5.74, 6) is 0. The number of hydrogen-bond acceptors (Lipinski definition) is 10. The van der Waals surface area contributed by atoms with Crippen molar-refractivity contribution in [3.05, 3.63) is 0 Å². The quantitative estimate of drug-likeness (QED) is 0.0549. The van der Waals surface area contributed by atoms with Gasteiger partial charge in [-0.05, 0) is 377 Å². The molecule has 0 heterocycles. The molecule has 0 amide bonds. The highest BCUT2D eigenvalue weighted by atomic mass is 28.5. The minimum Gasteiger partial charge on any atom is -0.456 e. The predicted octanol–water partition coefficient (Wildman–Crippen LogP) is 23.9. The van der Waals surface area contributed by atoms with Crippen LogP contribution in [0.15, 0.2) is 0 Å². The maximum atomic E-state index is 7.39. The molecule has 30 heteroatoms. The predicted molar refractivity (Wildman–Crippen MR) is 453 cm³/mol. The average Bonchev–Trinajstić information content (AvgIpc) is 2.41. The monoisotopic (exact) mass is 1590 g/mol. The summed E-state index contributed by atoms with van der Waals surface area (Å²) < 4.78 is 71.7. The van der Waals surface area contributed by atoms with Gasteiger partial charge in [0.2, 0.25) is 0 Å². The van der Waals surface area contributed by atoms with Gasteiger partial charge in [-0.1, -0.05) is 0 Å². The topological polar surface area (TPSA) is 92.3 Å². The van der Waals surface area contributed by atoms with Crippen LogP contribution >= 0.6 is 0 Å². The van der Waals surface area contributed by atoms with E-state index in [1.54, 1.807) is 0 Å². The van der Waals surface area contributed by atoms with Gasteiger partial charge in [-0.3, -0.25) is 0 Å². The van der Waals surface area contributed by atoms with Crippen LogP contribution in [-0.2, 0) is 41.2 Å². The second-order valence-corrected chi connectivity index (χ2v) is 127. The minimum absolute atomic E-state index is 0.661. The van der Waals surface area contributed by atoms with Crippen molar-refractivity contribution in [1.82, 2.24) is 0 Å². The van der Waals surface area contributed by atoms with Crippen molar-refractivity contribution in [3.63, 3.8) is 0 Å². The van der Waals surface area contributed by atoms with Crippen LogP contribution in [0.25, 0.3) is 0 Å². The standard InChI is InChI=1S/C59H159O10Si20/c1-70(2)60-72(6,7)42-43-74(10,11)62-76(14,15)46-47-78(18,19)64-80(22,23)50-51-82(26,27)66-84(30,31)54-55-86(34,35)68-88(38,39)58-59-89(40,41)69-87(36,37)57-56-85(32,33)67-83(28,29)53-52-81(24,25)65-79(20,21)49-48-77(16,17)63-75(12,13)45-44-73(8,9)61-71(3,4)5/h42-59H2,1-41H3. The molecule has 0 aromatic rings. The summed E-state index contributed by atoms with van der Waals surface area (Å²) in [7, 11) is -35.5. The normalized spacial score (nSPS) is 15.7. The van der Waals surface area contributed by atoms with Gasteiger partial charge in [0.25, 0.3) is 0 Å². The first-order valence-electron chi connectivity index (χ1n) is 35.4. The summed E-state index contributed by atoms with van der Waals surface area (Å²) >= 11 is 0. The van der Waals surface area contributed by atoms with E-state index in [9.17, 15) is 0 Å². The summed E-state index contributed by atoms with van der Waals surface area (Å²) in [5, 5.41) is 0. The summed E-state index contributed by atoms with van der Waals surface area (Å²) in [5.41, 5.74) is 0. The molecule has 0 fully saturated rings. The molecule has 0 aliphatic rings. The molecule has 0 bridgehead atoms. The summed E-state index contributed by atoms with van der Waals surface area (Å²) in [6.07, 6.45) is 0. The first kappa shape index (κ1) is 92.9. The van der Waals surface area contributed by atoms with E-state index >= 15 is 0 Å². The van der Waals surface area contributed by atoms with Crippen molar-refractivity contribution in [1.29, 1.82) is 0 Å². The van der Waals surface area contributed by atoms with Crippen molar-refractivity contribution in [3.8, 4) is 0 Å². The largest absolute Gasteiger partial charge is 0.456 e. The number of rotatable bonds is 47.